The lowest BCUT2D eigenvalue weighted by Crippen LogP contribution is -2.54. The van der Waals surface area contributed by atoms with Gasteiger partial charge in [-0.1, -0.05) is 6.07 Å². The van der Waals surface area contributed by atoms with Crippen molar-refractivity contribution < 1.29 is 31.5 Å². The van der Waals surface area contributed by atoms with Gasteiger partial charge in [0.1, 0.15) is 17.3 Å². The van der Waals surface area contributed by atoms with Crippen molar-refractivity contribution in [1.29, 1.82) is 0 Å². The topological polar surface area (TPSA) is 77.6 Å². The van der Waals surface area contributed by atoms with E-state index in [4.69, 9.17) is 10.5 Å². The number of carbonyl (C=O) groups is 1. The van der Waals surface area contributed by atoms with Crippen LogP contribution in [0.5, 0.6) is 5.75 Å². The van der Waals surface area contributed by atoms with Gasteiger partial charge in [0.05, 0.1) is 19.1 Å². The first-order valence-corrected chi connectivity index (χ1v) is 8.93. The average molecular weight is 427 g/mol. The van der Waals surface area contributed by atoms with Crippen molar-refractivity contribution in [2.75, 3.05) is 7.11 Å². The summed E-state index contributed by atoms with van der Waals surface area (Å²) in [5, 5.41) is 0. The number of hydrogen-bond donors (Lipinski definition) is 1. The highest BCUT2D eigenvalue weighted by atomic mass is 19.3. The number of amidine groups is 1. The Morgan fingerprint density at radius 2 is 2.00 bits per heavy atom. The summed E-state index contributed by atoms with van der Waals surface area (Å²) in [4.78, 5) is 19.7. The van der Waals surface area contributed by atoms with Gasteiger partial charge in [0, 0.05) is 24.8 Å². The molecule has 30 heavy (non-hydrogen) atoms. The zero-order valence-corrected chi connectivity index (χ0v) is 15.8. The fourth-order valence-electron chi connectivity index (χ4n) is 3.34. The molecule has 0 radical (unpaired) electrons. The largest absolute Gasteiger partial charge is 0.495 e. The number of aromatic nitrogens is 1. The van der Waals surface area contributed by atoms with Crippen molar-refractivity contribution in [1.82, 2.24) is 4.98 Å². The maximum Gasteiger partial charge on any atom is 0.283 e. The first-order chi connectivity index (χ1) is 14.1. The highest BCUT2D eigenvalue weighted by molar-refractivity contribution is 5.95. The Bertz CT molecular complexity index is 979. The van der Waals surface area contributed by atoms with Crippen molar-refractivity contribution in [3.63, 3.8) is 0 Å². The lowest BCUT2D eigenvalue weighted by molar-refractivity contribution is -0.145. The van der Waals surface area contributed by atoms with Crippen LogP contribution in [0.2, 0.25) is 0 Å². The SMILES string of the molecule is COc1ccc(C(=O)Cc2ccc(F)c([C@@]3(C(F)F)N=C(N)CCC3(F)F)c2)nc1. The van der Waals surface area contributed by atoms with Crippen LogP contribution in [0.4, 0.5) is 22.0 Å². The van der Waals surface area contributed by atoms with Crippen molar-refractivity contribution in [2.45, 2.75) is 37.1 Å². The molecule has 0 bridgehead atoms. The molecule has 160 valence electrons. The maximum atomic E-state index is 14.6. The standard InChI is InChI=1S/C20H18F5N3O2/c1-30-12-3-5-15(27-10-12)16(29)9-11-2-4-14(21)13(8-11)20(18(22)23)19(24,25)7-6-17(26)28-20/h2-5,8,10,18H,6-7,9H2,1H3,(H2,26,28)/t20-/m0/s1. The molecule has 1 aromatic carbocycles. The van der Waals surface area contributed by atoms with Crippen LogP contribution in [0.3, 0.4) is 0 Å². The monoisotopic (exact) mass is 427 g/mol. The van der Waals surface area contributed by atoms with Gasteiger partial charge < -0.3 is 10.5 Å². The lowest BCUT2D eigenvalue weighted by atomic mass is 9.79. The minimum atomic E-state index is -4.04. The van der Waals surface area contributed by atoms with E-state index in [9.17, 15) is 26.7 Å². The Kier molecular flexibility index (Phi) is 5.78. The Hall–Kier alpha value is -3.04. The van der Waals surface area contributed by atoms with Crippen LogP contribution in [0.25, 0.3) is 0 Å². The minimum absolute atomic E-state index is 0.0514. The highest BCUT2D eigenvalue weighted by Gasteiger charge is 2.63. The summed E-state index contributed by atoms with van der Waals surface area (Å²) in [6.07, 6.45) is -4.16. The Morgan fingerprint density at radius 3 is 2.60 bits per heavy atom. The average Bonchev–Trinajstić information content (AvgIpc) is 2.71. The van der Waals surface area contributed by atoms with Crippen LogP contribution in [0.15, 0.2) is 41.5 Å². The van der Waals surface area contributed by atoms with Gasteiger partial charge in [0.2, 0.25) is 5.54 Å². The van der Waals surface area contributed by atoms with Gasteiger partial charge in [-0.2, -0.15) is 0 Å². The molecule has 0 spiro atoms. The van der Waals surface area contributed by atoms with Gasteiger partial charge in [-0.05, 0) is 29.8 Å². The van der Waals surface area contributed by atoms with Crippen LogP contribution in [-0.4, -0.2) is 36.1 Å². The molecule has 2 N–H and O–H groups in total. The minimum Gasteiger partial charge on any atom is -0.495 e. The van der Waals surface area contributed by atoms with Gasteiger partial charge >= 0.3 is 0 Å². The Morgan fingerprint density at radius 1 is 1.27 bits per heavy atom. The van der Waals surface area contributed by atoms with Gasteiger partial charge in [0.25, 0.3) is 12.3 Å². The summed E-state index contributed by atoms with van der Waals surface area (Å²) in [5.41, 5.74) is 1.11. The number of hydrogen-bond acceptors (Lipinski definition) is 5. The molecule has 1 aliphatic rings. The van der Waals surface area contributed by atoms with Crippen LogP contribution < -0.4 is 10.5 Å². The molecule has 1 atom stereocenters. The van der Waals surface area contributed by atoms with E-state index >= 15 is 0 Å². The van der Waals surface area contributed by atoms with Crippen molar-refractivity contribution >= 4 is 11.6 Å². The van der Waals surface area contributed by atoms with Crippen LogP contribution in [0, 0.1) is 5.82 Å². The number of methoxy groups -OCH3 is 1. The van der Waals surface area contributed by atoms with E-state index in [1.54, 1.807) is 0 Å². The second-order valence-electron chi connectivity index (χ2n) is 6.87. The normalized spacial score (nSPS) is 20.7. The fourth-order valence-corrected chi connectivity index (χ4v) is 3.34. The molecule has 2 aromatic rings. The van der Waals surface area contributed by atoms with E-state index in [-0.39, 0.29) is 24.1 Å². The Labute approximate surface area is 168 Å². The number of alkyl halides is 4. The molecule has 0 fully saturated rings. The number of nitrogens with two attached hydrogens (primary N) is 1. The summed E-state index contributed by atoms with van der Waals surface area (Å²) >= 11 is 0. The smallest absolute Gasteiger partial charge is 0.283 e. The van der Waals surface area contributed by atoms with Gasteiger partial charge in [0.15, 0.2) is 5.78 Å². The molecule has 2 heterocycles. The summed E-state index contributed by atoms with van der Waals surface area (Å²) < 4.78 is 76.6. The molecule has 0 unspecified atom stereocenters. The van der Waals surface area contributed by atoms with Crippen LogP contribution in [-0.2, 0) is 12.0 Å². The van der Waals surface area contributed by atoms with Gasteiger partial charge in [-0.25, -0.2) is 31.9 Å². The number of rotatable bonds is 6. The first-order valence-electron chi connectivity index (χ1n) is 8.93. The predicted octanol–water partition coefficient (Wildman–Crippen LogP) is 3.90. The third-order valence-electron chi connectivity index (χ3n) is 4.95. The molecule has 10 heteroatoms. The van der Waals surface area contributed by atoms with E-state index < -0.39 is 47.3 Å². The van der Waals surface area contributed by atoms with Crippen LogP contribution >= 0.6 is 0 Å². The molecule has 0 amide bonds. The molecular weight excluding hydrogens is 409 g/mol. The van der Waals surface area contributed by atoms with E-state index in [1.165, 1.54) is 25.4 Å². The van der Waals surface area contributed by atoms with E-state index in [0.29, 0.717) is 5.75 Å². The van der Waals surface area contributed by atoms with E-state index in [1.807, 2.05) is 0 Å². The van der Waals surface area contributed by atoms with Gasteiger partial charge in [-0.3, -0.25) is 4.79 Å². The molecule has 3 rings (SSSR count). The molecule has 0 aliphatic carbocycles. The summed E-state index contributed by atoms with van der Waals surface area (Å²) in [6, 6.07) is 5.64. The second-order valence-corrected chi connectivity index (χ2v) is 6.87. The number of carbonyl (C=O) groups excluding carboxylic acids is 1. The number of ketones is 1. The molecular formula is C20H18F5N3O2. The molecule has 5 nitrogen and oxygen atoms in total. The van der Waals surface area contributed by atoms with Crippen molar-refractivity contribution in [3.8, 4) is 5.75 Å². The highest BCUT2D eigenvalue weighted by Crippen LogP contribution is 2.51. The number of halogens is 5. The van der Waals surface area contributed by atoms with Crippen molar-refractivity contribution in [3.05, 3.63) is 59.2 Å². The zero-order chi connectivity index (χ0) is 22.1. The quantitative estimate of drug-likeness (QED) is 0.560. The number of aliphatic imine (C=N–C) groups is 1. The van der Waals surface area contributed by atoms with E-state index in [0.717, 1.165) is 18.2 Å². The predicted molar refractivity (Wildman–Crippen MR) is 98.7 cm³/mol. The Balaban J connectivity index is 2.01. The number of benzene rings is 1. The summed E-state index contributed by atoms with van der Waals surface area (Å²) in [7, 11) is 1.42. The number of ether oxygens (including phenoxy) is 1. The molecule has 0 saturated carbocycles. The number of nitrogens with zero attached hydrogens (tertiary/aromatic N) is 2. The third-order valence-corrected chi connectivity index (χ3v) is 4.95. The second kappa shape index (κ2) is 8.00. The van der Waals surface area contributed by atoms with Crippen molar-refractivity contribution in [2.24, 2.45) is 10.7 Å². The zero-order valence-electron chi connectivity index (χ0n) is 15.8. The molecule has 1 aliphatic heterocycles. The first kappa shape index (κ1) is 21.7. The molecule has 0 saturated heterocycles. The van der Waals surface area contributed by atoms with Crippen LogP contribution in [0.1, 0.15) is 34.5 Å². The number of pyridine rings is 1. The summed E-state index contributed by atoms with van der Waals surface area (Å²) in [5.74, 6) is -5.83. The lowest BCUT2D eigenvalue weighted by Gasteiger charge is -2.40. The van der Waals surface area contributed by atoms with E-state index in [2.05, 4.69) is 9.98 Å². The van der Waals surface area contributed by atoms with Gasteiger partial charge in [-0.15, -0.1) is 0 Å². The third kappa shape index (κ3) is 3.73. The summed E-state index contributed by atoms with van der Waals surface area (Å²) in [6.45, 7) is 0. The maximum absolute atomic E-state index is 14.6. The number of Topliss-reactive ketones (excluding diaryl/α,β-unsaturated/α-hetero) is 1. The molecule has 1 aromatic heterocycles. The fraction of sp³-hybridized carbons (Fsp3) is 0.350.